The monoisotopic (exact) mass is 246 g/mol. The van der Waals surface area contributed by atoms with Gasteiger partial charge in [0.15, 0.2) is 5.41 Å². The fraction of sp³-hybridized carbons (Fsp3) is 0.833. The zero-order valence-corrected chi connectivity index (χ0v) is 11.0. The maximum Gasteiger partial charge on any atom is 0.325 e. The first kappa shape index (κ1) is 15.9. The number of esters is 2. The van der Waals surface area contributed by atoms with Gasteiger partial charge in [-0.1, -0.05) is 13.8 Å². The number of aliphatic hydroxyl groups is 1. The van der Waals surface area contributed by atoms with E-state index in [1.165, 1.54) is 0 Å². The molecule has 100 valence electrons. The van der Waals surface area contributed by atoms with Crippen molar-refractivity contribution in [3.63, 3.8) is 0 Å². The summed E-state index contributed by atoms with van der Waals surface area (Å²) >= 11 is 0. The number of carbonyl (C=O) groups excluding carboxylic acids is 2. The molecule has 0 aromatic heterocycles. The summed E-state index contributed by atoms with van der Waals surface area (Å²) in [7, 11) is 0. The Balaban J connectivity index is 5.12. The van der Waals surface area contributed by atoms with Crippen LogP contribution in [-0.2, 0) is 19.1 Å². The predicted molar refractivity (Wildman–Crippen MR) is 62.2 cm³/mol. The average Bonchev–Trinajstić information content (AvgIpc) is 2.26. The number of rotatable bonds is 7. The minimum atomic E-state index is -1.58. The molecule has 5 heteroatoms. The van der Waals surface area contributed by atoms with Crippen LogP contribution < -0.4 is 0 Å². The lowest BCUT2D eigenvalue weighted by Gasteiger charge is -2.28. The lowest BCUT2D eigenvalue weighted by Crippen LogP contribution is -2.46. The van der Waals surface area contributed by atoms with Crippen molar-refractivity contribution in [2.45, 2.75) is 34.1 Å². The maximum atomic E-state index is 11.9. The van der Waals surface area contributed by atoms with Crippen molar-refractivity contribution >= 4 is 11.9 Å². The molecule has 0 heterocycles. The van der Waals surface area contributed by atoms with Crippen molar-refractivity contribution in [2.24, 2.45) is 11.3 Å². The molecule has 0 aliphatic rings. The van der Waals surface area contributed by atoms with Gasteiger partial charge in [-0.2, -0.15) is 0 Å². The van der Waals surface area contributed by atoms with Gasteiger partial charge in [-0.25, -0.2) is 0 Å². The SMILES string of the molecule is CCOC(=O)C(CO)(CC(C)C)C(=O)OCC. The fourth-order valence-corrected chi connectivity index (χ4v) is 1.68. The standard InChI is InChI=1S/C12H22O5/c1-5-16-10(14)12(8-13,7-9(3)4)11(15)17-6-2/h9,13H,5-8H2,1-4H3. The van der Waals surface area contributed by atoms with E-state index in [4.69, 9.17) is 9.47 Å². The van der Waals surface area contributed by atoms with Crippen LogP contribution in [0.25, 0.3) is 0 Å². The van der Waals surface area contributed by atoms with E-state index in [-0.39, 0.29) is 25.6 Å². The van der Waals surface area contributed by atoms with Crippen molar-refractivity contribution in [1.29, 1.82) is 0 Å². The number of hydrogen-bond donors (Lipinski definition) is 1. The summed E-state index contributed by atoms with van der Waals surface area (Å²) in [6, 6.07) is 0. The Hall–Kier alpha value is -1.10. The molecule has 0 bridgehead atoms. The number of hydrogen-bond acceptors (Lipinski definition) is 5. The molecule has 0 aliphatic carbocycles. The largest absolute Gasteiger partial charge is 0.465 e. The second-order valence-corrected chi connectivity index (χ2v) is 4.28. The molecule has 0 unspecified atom stereocenters. The summed E-state index contributed by atoms with van der Waals surface area (Å²) in [5.41, 5.74) is -1.58. The first-order chi connectivity index (χ1) is 7.94. The number of aliphatic hydroxyl groups excluding tert-OH is 1. The number of carbonyl (C=O) groups is 2. The Bertz CT molecular complexity index is 242. The van der Waals surface area contributed by atoms with Crippen LogP contribution in [0, 0.1) is 11.3 Å². The van der Waals surface area contributed by atoms with Crippen LogP contribution >= 0.6 is 0 Å². The summed E-state index contributed by atoms with van der Waals surface area (Å²) in [6.07, 6.45) is 0.209. The predicted octanol–water partition coefficient (Wildman–Crippen LogP) is 1.14. The normalized spacial score (nSPS) is 11.4. The summed E-state index contributed by atoms with van der Waals surface area (Å²) in [5.74, 6) is -1.36. The Morgan fingerprint density at radius 3 is 1.76 bits per heavy atom. The van der Waals surface area contributed by atoms with E-state index in [0.717, 1.165) is 0 Å². The molecule has 0 amide bonds. The van der Waals surface area contributed by atoms with Gasteiger partial charge in [0.2, 0.25) is 0 Å². The Labute approximate surface area is 102 Å². The van der Waals surface area contributed by atoms with Crippen molar-refractivity contribution in [1.82, 2.24) is 0 Å². The molecule has 0 radical (unpaired) electrons. The highest BCUT2D eigenvalue weighted by atomic mass is 16.6. The van der Waals surface area contributed by atoms with Crippen LogP contribution in [0.2, 0.25) is 0 Å². The topological polar surface area (TPSA) is 72.8 Å². The van der Waals surface area contributed by atoms with Gasteiger partial charge in [0.05, 0.1) is 19.8 Å². The molecule has 5 nitrogen and oxygen atoms in total. The van der Waals surface area contributed by atoms with Crippen LogP contribution in [0.5, 0.6) is 0 Å². The molecule has 17 heavy (non-hydrogen) atoms. The smallest absolute Gasteiger partial charge is 0.325 e. The first-order valence-corrected chi connectivity index (χ1v) is 5.89. The zero-order valence-electron chi connectivity index (χ0n) is 11.0. The minimum Gasteiger partial charge on any atom is -0.465 e. The van der Waals surface area contributed by atoms with Crippen LogP contribution in [0.4, 0.5) is 0 Å². The van der Waals surface area contributed by atoms with E-state index in [0.29, 0.717) is 0 Å². The fourth-order valence-electron chi connectivity index (χ4n) is 1.68. The Kier molecular flexibility index (Phi) is 6.80. The highest BCUT2D eigenvalue weighted by Crippen LogP contribution is 2.29. The molecule has 0 saturated carbocycles. The van der Waals surface area contributed by atoms with Crippen LogP contribution in [0.15, 0.2) is 0 Å². The van der Waals surface area contributed by atoms with Gasteiger partial charge in [0.1, 0.15) is 0 Å². The van der Waals surface area contributed by atoms with Crippen molar-refractivity contribution < 1.29 is 24.2 Å². The maximum absolute atomic E-state index is 11.9. The van der Waals surface area contributed by atoms with Gasteiger partial charge < -0.3 is 14.6 Å². The first-order valence-electron chi connectivity index (χ1n) is 5.89. The highest BCUT2D eigenvalue weighted by Gasteiger charge is 2.48. The number of ether oxygens (including phenoxy) is 2. The molecule has 0 saturated heterocycles. The lowest BCUT2D eigenvalue weighted by molar-refractivity contribution is -0.176. The average molecular weight is 246 g/mol. The molecule has 0 aromatic carbocycles. The van der Waals surface area contributed by atoms with Gasteiger partial charge in [-0.05, 0) is 26.2 Å². The van der Waals surface area contributed by atoms with E-state index in [1.807, 2.05) is 13.8 Å². The van der Waals surface area contributed by atoms with E-state index >= 15 is 0 Å². The van der Waals surface area contributed by atoms with E-state index in [9.17, 15) is 14.7 Å². The lowest BCUT2D eigenvalue weighted by atomic mass is 9.80. The molecule has 0 spiro atoms. The second kappa shape index (κ2) is 7.27. The van der Waals surface area contributed by atoms with Crippen LogP contribution in [0.3, 0.4) is 0 Å². The van der Waals surface area contributed by atoms with Gasteiger partial charge in [0.25, 0.3) is 0 Å². The molecular formula is C12H22O5. The Morgan fingerprint density at radius 1 is 1.12 bits per heavy atom. The minimum absolute atomic E-state index is 0.0657. The molecule has 0 aliphatic heterocycles. The summed E-state index contributed by atoms with van der Waals surface area (Å²) in [5, 5.41) is 9.42. The van der Waals surface area contributed by atoms with E-state index < -0.39 is 24.0 Å². The molecule has 0 aromatic rings. The highest BCUT2D eigenvalue weighted by molar-refractivity contribution is 6.00. The zero-order chi connectivity index (χ0) is 13.5. The third kappa shape index (κ3) is 4.00. The van der Waals surface area contributed by atoms with Crippen molar-refractivity contribution in [3.8, 4) is 0 Å². The van der Waals surface area contributed by atoms with Gasteiger partial charge >= 0.3 is 11.9 Å². The quantitative estimate of drug-likeness (QED) is 0.538. The Morgan fingerprint density at radius 2 is 1.53 bits per heavy atom. The van der Waals surface area contributed by atoms with Gasteiger partial charge in [0, 0.05) is 0 Å². The summed E-state index contributed by atoms with van der Waals surface area (Å²) < 4.78 is 9.73. The summed E-state index contributed by atoms with van der Waals surface area (Å²) in [4.78, 5) is 23.7. The van der Waals surface area contributed by atoms with Crippen molar-refractivity contribution in [3.05, 3.63) is 0 Å². The van der Waals surface area contributed by atoms with Gasteiger partial charge in [-0.3, -0.25) is 9.59 Å². The van der Waals surface area contributed by atoms with Gasteiger partial charge in [-0.15, -0.1) is 0 Å². The van der Waals surface area contributed by atoms with Crippen LogP contribution in [-0.4, -0.2) is 36.9 Å². The molecule has 0 fully saturated rings. The molecule has 0 rings (SSSR count). The van der Waals surface area contributed by atoms with Crippen molar-refractivity contribution in [2.75, 3.05) is 19.8 Å². The van der Waals surface area contributed by atoms with Crippen LogP contribution in [0.1, 0.15) is 34.1 Å². The second-order valence-electron chi connectivity index (χ2n) is 4.28. The molecular weight excluding hydrogens is 224 g/mol. The summed E-state index contributed by atoms with van der Waals surface area (Å²) in [6.45, 7) is 6.77. The van der Waals surface area contributed by atoms with E-state index in [1.54, 1.807) is 13.8 Å². The van der Waals surface area contributed by atoms with E-state index in [2.05, 4.69) is 0 Å². The molecule has 1 N–H and O–H groups in total. The third-order valence-corrected chi connectivity index (χ3v) is 2.36. The third-order valence-electron chi connectivity index (χ3n) is 2.36. The molecule has 0 atom stereocenters.